The fourth-order valence-electron chi connectivity index (χ4n) is 9.25. The molecule has 8 aromatic rings. The molecule has 9 rings (SSSR count). The maximum Gasteiger partial charge on any atom is 0.494 e. The van der Waals surface area contributed by atoms with Gasteiger partial charge in [-0.1, -0.05) is 67.8 Å². The van der Waals surface area contributed by atoms with Crippen LogP contribution in [0.2, 0.25) is 51.4 Å². The average molecular weight is 1370 g/mol. The summed E-state index contributed by atoms with van der Waals surface area (Å²) >= 11 is 3.34. The van der Waals surface area contributed by atoms with E-state index < -0.39 is 69.8 Å². The van der Waals surface area contributed by atoms with Crippen molar-refractivity contribution in [3.63, 3.8) is 0 Å². The van der Waals surface area contributed by atoms with Crippen LogP contribution in [0.15, 0.2) is 62.2 Å². The average Bonchev–Trinajstić information content (AvgIpc) is 1.61. The normalized spacial score (nSPS) is 14.1. The van der Waals surface area contributed by atoms with Crippen molar-refractivity contribution in [3.05, 3.63) is 87.8 Å². The molecule has 0 radical (unpaired) electrons. The summed E-state index contributed by atoms with van der Waals surface area (Å²) in [5.74, 6) is 0.903. The lowest BCUT2D eigenvalue weighted by molar-refractivity contribution is 0.00578. The molecular formula is C64H90BBrN10O14Si2. The van der Waals surface area contributed by atoms with Crippen LogP contribution in [0.4, 0.5) is 9.59 Å². The van der Waals surface area contributed by atoms with E-state index in [4.69, 9.17) is 46.8 Å². The molecule has 0 atom stereocenters. The Hall–Kier alpha value is -7.08. The van der Waals surface area contributed by atoms with Gasteiger partial charge in [-0.15, -0.1) is 0 Å². The Balaban J connectivity index is 0.000000208. The summed E-state index contributed by atoms with van der Waals surface area (Å²) in [6, 6.07) is 17.0. The molecular weight excluding hydrogens is 1280 g/mol. The Kier molecular flexibility index (Phi) is 22.5. The summed E-state index contributed by atoms with van der Waals surface area (Å²) in [6.45, 7) is 45.9. The summed E-state index contributed by atoms with van der Waals surface area (Å²) in [5.41, 5.74) is 3.77. The standard InChI is InChI=1S/C29H39N5O6Si.C22H28BN3O5.C13H23BrN2O3Si/c1-10-38-27(35)25-31-24(18(2)33(25)17-37-13-14-41(7,8)9)20-11-12-22-21(15-20)16-23(26-30-19(3)32-40-26)34(22)28(36)39-29(4,5)6;1-13-24-18(29-25-13)17-12-14-11-15(23-30-21(5,6)22(7,8)31-23)9-10-16(14)26(17)19(27)28-20(2,3)4;1-6-19-13(17)12-15-11(14)10(2)16(12)9-18-7-8-20(3,4)5/h11-12,15-16H,10,13-14,17H2,1-9H3;9-12H,1-8H3;6-9H2,1-5H3. The number of aromatic nitrogens is 10. The highest BCUT2D eigenvalue weighted by Gasteiger charge is 2.52. The molecule has 498 valence electrons. The van der Waals surface area contributed by atoms with Crippen LogP contribution in [0.3, 0.4) is 0 Å². The lowest BCUT2D eigenvalue weighted by Crippen LogP contribution is -2.41. The second-order valence-electron chi connectivity index (χ2n) is 27.8. The second-order valence-corrected chi connectivity index (χ2v) is 39.8. The first-order valence-corrected chi connectivity index (χ1v) is 39.0. The molecule has 2 aromatic carbocycles. The number of ether oxygens (including phenoxy) is 6. The van der Waals surface area contributed by atoms with Gasteiger partial charge in [-0.05, 0) is 175 Å². The van der Waals surface area contributed by atoms with E-state index in [2.05, 4.69) is 85.5 Å². The maximum absolute atomic E-state index is 13.3. The van der Waals surface area contributed by atoms with Crippen LogP contribution in [-0.2, 0) is 51.2 Å². The third-order valence-electron chi connectivity index (χ3n) is 14.8. The van der Waals surface area contributed by atoms with E-state index in [1.807, 2.05) is 105 Å². The lowest BCUT2D eigenvalue weighted by atomic mass is 9.78. The van der Waals surface area contributed by atoms with Gasteiger partial charge in [0.25, 0.3) is 11.8 Å². The molecule has 1 fully saturated rings. The largest absolute Gasteiger partial charge is 0.494 e. The van der Waals surface area contributed by atoms with Crippen molar-refractivity contribution >= 4 is 90.6 Å². The first kappa shape index (κ1) is 72.3. The quantitative estimate of drug-likeness (QED) is 0.0334. The van der Waals surface area contributed by atoms with Gasteiger partial charge in [0.15, 0.2) is 11.6 Å². The van der Waals surface area contributed by atoms with Crippen molar-refractivity contribution in [1.82, 2.24) is 48.5 Å². The van der Waals surface area contributed by atoms with Gasteiger partial charge in [-0.2, -0.15) is 9.97 Å². The first-order chi connectivity index (χ1) is 42.7. The van der Waals surface area contributed by atoms with Gasteiger partial charge in [0.05, 0.1) is 46.8 Å². The Morgan fingerprint density at radius 2 is 1.01 bits per heavy atom. The number of aryl methyl sites for hydroxylation is 2. The fraction of sp³-hybridized carbons (Fsp3) is 0.531. The number of fused-ring (bicyclic) bond motifs is 2. The Morgan fingerprint density at radius 3 is 1.42 bits per heavy atom. The highest BCUT2D eigenvalue weighted by molar-refractivity contribution is 9.10. The van der Waals surface area contributed by atoms with Crippen LogP contribution in [0.5, 0.6) is 0 Å². The monoisotopic (exact) mass is 1370 g/mol. The predicted octanol–water partition coefficient (Wildman–Crippen LogP) is 14.0. The number of rotatable bonds is 18. The molecule has 6 aromatic heterocycles. The molecule has 1 aliphatic rings. The molecule has 28 heteroatoms. The molecule has 0 unspecified atom stereocenters. The van der Waals surface area contributed by atoms with E-state index in [1.54, 1.807) is 63.7 Å². The molecule has 0 aliphatic carbocycles. The van der Waals surface area contributed by atoms with Gasteiger partial charge in [0, 0.05) is 51.4 Å². The molecule has 0 bridgehead atoms. The molecule has 0 spiro atoms. The highest BCUT2D eigenvalue weighted by atomic mass is 79.9. The maximum atomic E-state index is 13.3. The number of esters is 2. The minimum absolute atomic E-state index is 0.181. The van der Waals surface area contributed by atoms with Crippen LogP contribution < -0.4 is 5.46 Å². The summed E-state index contributed by atoms with van der Waals surface area (Å²) in [6.07, 6.45) is -1.08. The lowest BCUT2D eigenvalue weighted by Gasteiger charge is -2.32. The first-order valence-electron chi connectivity index (χ1n) is 30.8. The van der Waals surface area contributed by atoms with E-state index in [0.717, 1.165) is 45.3 Å². The summed E-state index contributed by atoms with van der Waals surface area (Å²) < 4.78 is 63.4. The zero-order valence-corrected chi connectivity index (χ0v) is 61.0. The van der Waals surface area contributed by atoms with Crippen LogP contribution >= 0.6 is 15.9 Å². The van der Waals surface area contributed by atoms with Gasteiger partial charge in [0.1, 0.15) is 40.7 Å². The molecule has 92 heavy (non-hydrogen) atoms. The van der Waals surface area contributed by atoms with Crippen molar-refractivity contribution < 1.29 is 66.0 Å². The summed E-state index contributed by atoms with van der Waals surface area (Å²) in [7, 11) is -2.88. The van der Waals surface area contributed by atoms with Gasteiger partial charge in [0.2, 0.25) is 11.6 Å². The van der Waals surface area contributed by atoms with Crippen LogP contribution in [0.1, 0.15) is 127 Å². The molecule has 0 N–H and O–H groups in total. The highest BCUT2D eigenvalue weighted by Crippen LogP contribution is 2.38. The molecule has 0 amide bonds. The third kappa shape index (κ3) is 18.0. The predicted molar refractivity (Wildman–Crippen MR) is 360 cm³/mol. The molecule has 0 saturated carbocycles. The Labute approximate surface area is 549 Å². The minimum Gasteiger partial charge on any atom is -0.460 e. The number of imidazole rings is 2. The fourth-order valence-corrected chi connectivity index (χ4v) is 11.1. The van der Waals surface area contributed by atoms with Crippen molar-refractivity contribution in [2.24, 2.45) is 0 Å². The number of benzene rings is 2. The molecule has 1 aliphatic heterocycles. The van der Waals surface area contributed by atoms with Gasteiger partial charge >= 0.3 is 31.2 Å². The number of halogens is 1. The van der Waals surface area contributed by atoms with E-state index in [0.29, 0.717) is 70.9 Å². The summed E-state index contributed by atoms with van der Waals surface area (Å²) in [4.78, 5) is 68.5. The van der Waals surface area contributed by atoms with Crippen LogP contribution in [0, 0.1) is 27.7 Å². The van der Waals surface area contributed by atoms with Gasteiger partial charge in [-0.3, -0.25) is 9.13 Å². The van der Waals surface area contributed by atoms with E-state index in [9.17, 15) is 19.2 Å². The van der Waals surface area contributed by atoms with Gasteiger partial charge in [-0.25, -0.2) is 38.3 Å². The van der Waals surface area contributed by atoms with E-state index in [1.165, 1.54) is 9.13 Å². The zero-order valence-electron chi connectivity index (χ0n) is 57.4. The van der Waals surface area contributed by atoms with Gasteiger partial charge < -0.3 is 46.8 Å². The topological polar surface area (TPSA) is 265 Å². The number of nitrogens with zero attached hydrogens (tertiary/aromatic N) is 10. The van der Waals surface area contributed by atoms with Crippen molar-refractivity contribution in [1.29, 1.82) is 0 Å². The second kappa shape index (κ2) is 28.6. The van der Waals surface area contributed by atoms with Crippen molar-refractivity contribution in [3.8, 4) is 34.4 Å². The Bertz CT molecular complexity index is 3930. The van der Waals surface area contributed by atoms with Crippen LogP contribution in [0.25, 0.3) is 56.2 Å². The van der Waals surface area contributed by atoms with E-state index >= 15 is 0 Å². The summed E-state index contributed by atoms with van der Waals surface area (Å²) in [5, 5.41) is 9.29. The Morgan fingerprint density at radius 1 is 0.587 bits per heavy atom. The number of hydrogen-bond donors (Lipinski definition) is 0. The molecule has 1 saturated heterocycles. The number of hydrogen-bond acceptors (Lipinski definition) is 20. The zero-order chi connectivity index (χ0) is 68.2. The number of carbonyl (C=O) groups is 4. The SMILES string of the molecule is CCOC(=O)c1nc(-c2ccc3c(c2)cc(-c2nc(C)no2)n3C(=O)OC(C)(C)C)c(C)n1COCC[Si](C)(C)C.CCOC(=O)c1nc(Br)c(C)n1COCC[Si](C)(C)C.Cc1noc(-c2cc3cc(B4OC(C)(C)C(C)(C)O4)ccc3n2C(=O)OC(C)(C)C)n1. The van der Waals surface area contributed by atoms with Crippen LogP contribution in [-0.4, -0.2) is 145 Å². The molecule has 7 heterocycles. The molecule has 24 nitrogen and oxygen atoms in total. The van der Waals surface area contributed by atoms with E-state index in [-0.39, 0.29) is 36.8 Å². The van der Waals surface area contributed by atoms with Crippen molar-refractivity contribution in [2.45, 2.75) is 198 Å². The minimum atomic E-state index is -1.27. The third-order valence-corrected chi connectivity index (χ3v) is 19.0. The van der Waals surface area contributed by atoms with Crippen molar-refractivity contribution in [2.75, 3.05) is 26.4 Å². The smallest absolute Gasteiger partial charge is 0.460 e. The number of carbonyl (C=O) groups excluding carboxylic acids is 4.